The van der Waals surface area contributed by atoms with Gasteiger partial charge in [0.2, 0.25) is 0 Å². The molecule has 8 nitrogen and oxygen atoms in total. The maximum Gasteiger partial charge on any atom is 0.343 e. The van der Waals surface area contributed by atoms with Gasteiger partial charge in [-0.1, -0.05) is 32.2 Å². The molecule has 0 spiro atoms. The molecule has 0 bridgehead atoms. The quantitative estimate of drug-likeness (QED) is 0.0905. The zero-order valence-electron chi connectivity index (χ0n) is 22.4. The molecule has 40 heavy (non-hydrogen) atoms. The number of benzene rings is 3. The normalized spacial score (nSPS) is 13.0. The van der Waals surface area contributed by atoms with Gasteiger partial charge >= 0.3 is 17.9 Å². The Labute approximate surface area is 232 Å². The van der Waals surface area contributed by atoms with Crippen molar-refractivity contribution in [2.45, 2.75) is 25.7 Å². The van der Waals surface area contributed by atoms with Gasteiger partial charge in [0, 0.05) is 19.4 Å². The number of hydrogen-bond donors (Lipinski definition) is 0. The van der Waals surface area contributed by atoms with Crippen LogP contribution in [0.5, 0.6) is 17.2 Å². The van der Waals surface area contributed by atoms with Gasteiger partial charge in [-0.05, 0) is 77.2 Å². The zero-order chi connectivity index (χ0) is 28.6. The topological polar surface area (TPSA) is 97.4 Å². The molecule has 206 valence electrons. The van der Waals surface area contributed by atoms with Crippen molar-refractivity contribution in [3.63, 3.8) is 0 Å². The Kier molecular flexibility index (Phi) is 9.14. The SMILES string of the molecule is C=COC(=O)CCCOc1ccc(OC(=O)c2ccc3c(c2)C(C)c2cc(OC(=O)C(=C)COC)ccc2-3)cc1. The van der Waals surface area contributed by atoms with E-state index in [2.05, 4.69) is 17.9 Å². The number of rotatable bonds is 12. The molecular formula is C32H30O8. The second kappa shape index (κ2) is 12.9. The van der Waals surface area contributed by atoms with E-state index in [-0.39, 0.29) is 30.5 Å². The fourth-order valence-corrected chi connectivity index (χ4v) is 4.41. The summed E-state index contributed by atoms with van der Waals surface area (Å²) in [5.74, 6) is -0.00997. The van der Waals surface area contributed by atoms with Gasteiger partial charge in [0.25, 0.3) is 0 Å². The number of hydrogen-bond acceptors (Lipinski definition) is 8. The second-order valence-corrected chi connectivity index (χ2v) is 9.17. The van der Waals surface area contributed by atoms with Crippen molar-refractivity contribution in [3.05, 3.63) is 102 Å². The molecule has 0 saturated heterocycles. The van der Waals surface area contributed by atoms with Crippen LogP contribution in [0, 0.1) is 0 Å². The van der Waals surface area contributed by atoms with Crippen molar-refractivity contribution in [1.29, 1.82) is 0 Å². The predicted molar refractivity (Wildman–Crippen MR) is 148 cm³/mol. The molecule has 0 heterocycles. The molecule has 1 unspecified atom stereocenters. The highest BCUT2D eigenvalue weighted by Gasteiger charge is 2.27. The van der Waals surface area contributed by atoms with Crippen molar-refractivity contribution in [2.75, 3.05) is 20.3 Å². The van der Waals surface area contributed by atoms with Crippen LogP contribution in [0.1, 0.15) is 47.2 Å². The predicted octanol–water partition coefficient (Wildman–Crippen LogP) is 5.99. The number of ether oxygens (including phenoxy) is 5. The lowest BCUT2D eigenvalue weighted by atomic mass is 9.98. The summed E-state index contributed by atoms with van der Waals surface area (Å²) in [7, 11) is 1.49. The van der Waals surface area contributed by atoms with Crippen molar-refractivity contribution >= 4 is 17.9 Å². The van der Waals surface area contributed by atoms with Gasteiger partial charge in [-0.15, -0.1) is 0 Å². The number of carbonyl (C=O) groups is 3. The molecule has 0 saturated carbocycles. The van der Waals surface area contributed by atoms with E-state index < -0.39 is 11.9 Å². The van der Waals surface area contributed by atoms with Crippen LogP contribution in [-0.2, 0) is 19.1 Å². The minimum atomic E-state index is -0.541. The molecule has 1 atom stereocenters. The first-order chi connectivity index (χ1) is 19.3. The van der Waals surface area contributed by atoms with Gasteiger partial charge in [-0.2, -0.15) is 0 Å². The molecule has 0 N–H and O–H groups in total. The fraction of sp³-hybridized carbons (Fsp3) is 0.219. The first kappa shape index (κ1) is 28.3. The molecule has 1 aliphatic rings. The van der Waals surface area contributed by atoms with Crippen molar-refractivity contribution in [3.8, 4) is 28.4 Å². The molecule has 0 fully saturated rings. The third-order valence-electron chi connectivity index (χ3n) is 6.39. The van der Waals surface area contributed by atoms with Crippen LogP contribution in [0.2, 0.25) is 0 Å². The standard InChI is InChI=1S/C32H30O8/c1-5-37-30(33)7-6-16-38-23-9-11-24(12-10-23)39-32(35)22-8-14-26-27-15-13-25(40-31(34)20(2)19-36-4)18-29(27)21(3)28(26)17-22/h5,8-15,17-18,21H,1-2,6-7,16,19H2,3-4H3. The van der Waals surface area contributed by atoms with Gasteiger partial charge in [0.15, 0.2) is 0 Å². The maximum absolute atomic E-state index is 12.9. The van der Waals surface area contributed by atoms with Crippen molar-refractivity contribution in [1.82, 2.24) is 0 Å². The summed E-state index contributed by atoms with van der Waals surface area (Å²) in [5.41, 5.74) is 4.67. The second-order valence-electron chi connectivity index (χ2n) is 9.17. The molecule has 0 radical (unpaired) electrons. The third-order valence-corrected chi connectivity index (χ3v) is 6.39. The first-order valence-electron chi connectivity index (χ1n) is 12.7. The Morgan fingerprint density at radius 2 is 1.52 bits per heavy atom. The smallest absolute Gasteiger partial charge is 0.343 e. The molecule has 0 aromatic heterocycles. The largest absolute Gasteiger partial charge is 0.494 e. The van der Waals surface area contributed by atoms with Gasteiger partial charge in [-0.25, -0.2) is 9.59 Å². The van der Waals surface area contributed by atoms with E-state index in [0.717, 1.165) is 28.5 Å². The maximum atomic E-state index is 12.9. The van der Waals surface area contributed by atoms with Crippen LogP contribution < -0.4 is 14.2 Å². The summed E-state index contributed by atoms with van der Waals surface area (Å²) in [5, 5.41) is 0. The van der Waals surface area contributed by atoms with Crippen LogP contribution >= 0.6 is 0 Å². The molecule has 3 aromatic carbocycles. The lowest BCUT2D eigenvalue weighted by molar-refractivity contribution is -0.138. The fourth-order valence-electron chi connectivity index (χ4n) is 4.41. The van der Waals surface area contributed by atoms with E-state index in [4.69, 9.17) is 18.9 Å². The highest BCUT2D eigenvalue weighted by atomic mass is 16.5. The number of fused-ring (bicyclic) bond motifs is 3. The Morgan fingerprint density at radius 1 is 0.875 bits per heavy atom. The minimum Gasteiger partial charge on any atom is -0.494 e. The number of methoxy groups -OCH3 is 1. The van der Waals surface area contributed by atoms with Gasteiger partial charge in [0.05, 0.1) is 30.6 Å². The summed E-state index contributed by atoms with van der Waals surface area (Å²) in [6, 6.07) is 17.7. The Hall–Kier alpha value is -4.69. The average Bonchev–Trinajstić information content (AvgIpc) is 3.22. The molecular weight excluding hydrogens is 512 g/mol. The average molecular weight is 543 g/mol. The van der Waals surface area contributed by atoms with Crippen LogP contribution in [0.25, 0.3) is 11.1 Å². The molecule has 8 heteroatoms. The van der Waals surface area contributed by atoms with E-state index >= 15 is 0 Å². The summed E-state index contributed by atoms with van der Waals surface area (Å²) >= 11 is 0. The van der Waals surface area contributed by atoms with E-state index in [1.54, 1.807) is 36.4 Å². The molecule has 0 aliphatic heterocycles. The monoisotopic (exact) mass is 542 g/mol. The highest BCUT2D eigenvalue weighted by Crippen LogP contribution is 2.46. The van der Waals surface area contributed by atoms with Crippen molar-refractivity contribution < 1.29 is 38.1 Å². The number of carbonyl (C=O) groups excluding carboxylic acids is 3. The van der Waals surface area contributed by atoms with Crippen molar-refractivity contribution in [2.24, 2.45) is 0 Å². The lowest BCUT2D eigenvalue weighted by Crippen LogP contribution is -2.14. The van der Waals surface area contributed by atoms with Crippen LogP contribution in [0.3, 0.4) is 0 Å². The highest BCUT2D eigenvalue weighted by molar-refractivity contribution is 5.93. The molecule has 0 amide bonds. The Balaban J connectivity index is 1.37. The van der Waals surface area contributed by atoms with E-state index in [0.29, 0.717) is 35.8 Å². The van der Waals surface area contributed by atoms with Gasteiger partial charge < -0.3 is 23.7 Å². The van der Waals surface area contributed by atoms with E-state index in [9.17, 15) is 14.4 Å². The molecule has 1 aliphatic carbocycles. The van der Waals surface area contributed by atoms with Gasteiger partial charge in [0.1, 0.15) is 17.2 Å². The third kappa shape index (κ3) is 6.65. The summed E-state index contributed by atoms with van der Waals surface area (Å²) in [6.45, 7) is 9.50. The Morgan fingerprint density at radius 3 is 2.23 bits per heavy atom. The van der Waals surface area contributed by atoms with Crippen LogP contribution in [-0.4, -0.2) is 38.2 Å². The Bertz CT molecular complexity index is 1440. The van der Waals surface area contributed by atoms with Crippen LogP contribution in [0.4, 0.5) is 0 Å². The first-order valence-corrected chi connectivity index (χ1v) is 12.7. The van der Waals surface area contributed by atoms with E-state index in [1.165, 1.54) is 7.11 Å². The van der Waals surface area contributed by atoms with Gasteiger partial charge in [-0.3, -0.25) is 4.79 Å². The summed E-state index contributed by atoms with van der Waals surface area (Å²) in [6.07, 6.45) is 1.83. The zero-order valence-corrected chi connectivity index (χ0v) is 22.4. The lowest BCUT2D eigenvalue weighted by Gasteiger charge is -2.10. The summed E-state index contributed by atoms with van der Waals surface area (Å²) in [4.78, 5) is 36.5. The molecule has 4 rings (SSSR count). The minimum absolute atomic E-state index is 0.0198. The van der Waals surface area contributed by atoms with Crippen LogP contribution in [0.15, 0.2) is 85.7 Å². The van der Waals surface area contributed by atoms with E-state index in [1.807, 2.05) is 31.2 Å². The molecule has 3 aromatic rings. The number of esters is 3. The summed E-state index contributed by atoms with van der Waals surface area (Å²) < 4.78 is 26.2.